The highest BCUT2D eigenvalue weighted by atomic mass is 16.5. The van der Waals surface area contributed by atoms with Crippen LogP contribution >= 0.6 is 0 Å². The summed E-state index contributed by atoms with van der Waals surface area (Å²) in [7, 11) is 1.91. The van der Waals surface area contributed by atoms with Gasteiger partial charge in [0.05, 0.1) is 5.69 Å². The summed E-state index contributed by atoms with van der Waals surface area (Å²) in [5, 5.41) is 7.72. The van der Waals surface area contributed by atoms with E-state index >= 15 is 0 Å². The molecule has 1 aromatic heterocycles. The molecule has 2 fully saturated rings. The molecule has 3 rings (SSSR count). The van der Waals surface area contributed by atoms with Gasteiger partial charge in [0.1, 0.15) is 5.76 Å². The van der Waals surface area contributed by atoms with Crippen LogP contribution in [0.4, 0.5) is 0 Å². The number of aryl methyl sites for hydroxylation is 2. The first-order chi connectivity index (χ1) is 12.5. The van der Waals surface area contributed by atoms with Gasteiger partial charge in [0, 0.05) is 38.2 Å². The lowest BCUT2D eigenvalue weighted by molar-refractivity contribution is 0.115. The summed E-state index contributed by atoms with van der Waals surface area (Å²) in [6.45, 7) is 9.42. The van der Waals surface area contributed by atoms with Gasteiger partial charge in [0.2, 0.25) is 0 Å². The second-order valence-electron chi connectivity index (χ2n) is 8.51. The Bertz CT molecular complexity index is 594. The molecule has 5 nitrogen and oxygen atoms in total. The molecule has 1 N–H and O–H groups in total. The van der Waals surface area contributed by atoms with E-state index in [2.05, 4.69) is 27.3 Å². The van der Waals surface area contributed by atoms with Crippen LogP contribution in [0.5, 0.6) is 0 Å². The van der Waals surface area contributed by atoms with E-state index in [-0.39, 0.29) is 0 Å². The maximum Gasteiger partial charge on any atom is 0.193 e. The van der Waals surface area contributed by atoms with E-state index in [9.17, 15) is 0 Å². The summed E-state index contributed by atoms with van der Waals surface area (Å²) in [6.07, 6.45) is 11.1. The third-order valence-electron chi connectivity index (χ3n) is 6.48. The predicted octanol–water partition coefficient (Wildman–Crippen LogP) is 4.41. The third kappa shape index (κ3) is 4.24. The highest BCUT2D eigenvalue weighted by molar-refractivity contribution is 5.80. The molecule has 1 aromatic rings. The number of nitrogens with zero attached hydrogens (tertiary/aromatic N) is 3. The van der Waals surface area contributed by atoms with Crippen molar-refractivity contribution in [3.63, 3.8) is 0 Å². The van der Waals surface area contributed by atoms with Crippen LogP contribution in [0.2, 0.25) is 0 Å². The number of aliphatic imine (C=N–C) groups is 1. The third-order valence-corrected chi connectivity index (χ3v) is 6.48. The molecule has 0 amide bonds. The molecular weight excluding hydrogens is 324 g/mol. The maximum absolute atomic E-state index is 5.33. The van der Waals surface area contributed by atoms with E-state index in [1.54, 1.807) is 0 Å². The Hall–Kier alpha value is -1.52. The first-order valence-electron chi connectivity index (χ1n) is 10.4. The molecule has 2 heterocycles. The van der Waals surface area contributed by atoms with Gasteiger partial charge in [-0.05, 0) is 44.9 Å². The average molecular weight is 361 g/mol. The summed E-state index contributed by atoms with van der Waals surface area (Å²) in [5.41, 5.74) is 2.76. The summed E-state index contributed by atoms with van der Waals surface area (Å²) in [4.78, 5) is 7.11. The summed E-state index contributed by atoms with van der Waals surface area (Å²) >= 11 is 0. The van der Waals surface area contributed by atoms with Crippen LogP contribution in [0.25, 0.3) is 0 Å². The van der Waals surface area contributed by atoms with Gasteiger partial charge in [-0.25, -0.2) is 0 Å². The van der Waals surface area contributed by atoms with E-state index < -0.39 is 0 Å². The normalized spacial score (nSPS) is 22.3. The molecule has 1 aliphatic heterocycles. The van der Waals surface area contributed by atoms with E-state index in [4.69, 9.17) is 4.52 Å². The highest BCUT2D eigenvalue weighted by Crippen LogP contribution is 2.42. The van der Waals surface area contributed by atoms with Crippen LogP contribution in [-0.2, 0) is 0 Å². The number of guanidine groups is 1. The SMILES string of the molecule is CN=C(NCC(C)c1c(C)noc1C)N1CCCC2(CCCCCC2)C1. The maximum atomic E-state index is 5.33. The molecule has 1 unspecified atom stereocenters. The van der Waals surface area contributed by atoms with E-state index in [0.717, 1.165) is 30.5 Å². The molecule has 1 saturated heterocycles. The number of hydrogen-bond donors (Lipinski definition) is 1. The minimum atomic E-state index is 0.356. The van der Waals surface area contributed by atoms with Crippen LogP contribution in [0.15, 0.2) is 9.52 Å². The monoisotopic (exact) mass is 360 g/mol. The molecule has 26 heavy (non-hydrogen) atoms. The van der Waals surface area contributed by atoms with Gasteiger partial charge in [0.25, 0.3) is 0 Å². The van der Waals surface area contributed by atoms with E-state index in [0.29, 0.717) is 11.3 Å². The Morgan fingerprint density at radius 3 is 2.50 bits per heavy atom. The Morgan fingerprint density at radius 2 is 1.88 bits per heavy atom. The minimum Gasteiger partial charge on any atom is -0.361 e. The van der Waals surface area contributed by atoms with Gasteiger partial charge in [-0.1, -0.05) is 37.8 Å². The number of rotatable bonds is 3. The van der Waals surface area contributed by atoms with Gasteiger partial charge in [-0.15, -0.1) is 0 Å². The van der Waals surface area contributed by atoms with Crippen molar-refractivity contribution in [2.75, 3.05) is 26.7 Å². The molecule has 1 saturated carbocycles. The number of nitrogens with one attached hydrogen (secondary N) is 1. The lowest BCUT2D eigenvalue weighted by Crippen LogP contribution is -2.51. The number of likely N-dealkylation sites (tertiary alicyclic amines) is 1. The minimum absolute atomic E-state index is 0.356. The second-order valence-corrected chi connectivity index (χ2v) is 8.51. The second kappa shape index (κ2) is 8.45. The summed E-state index contributed by atoms with van der Waals surface area (Å²) in [6, 6.07) is 0. The first kappa shape index (κ1) is 19.2. The van der Waals surface area contributed by atoms with Crippen molar-refractivity contribution in [1.29, 1.82) is 0 Å². The average Bonchev–Trinajstić information content (AvgIpc) is 2.82. The Morgan fingerprint density at radius 1 is 1.19 bits per heavy atom. The van der Waals surface area contributed by atoms with Gasteiger partial charge in [-0.3, -0.25) is 4.99 Å². The van der Waals surface area contributed by atoms with Crippen molar-refractivity contribution >= 4 is 5.96 Å². The van der Waals surface area contributed by atoms with Crippen molar-refractivity contribution in [2.45, 2.75) is 78.1 Å². The molecule has 0 radical (unpaired) electrons. The summed E-state index contributed by atoms with van der Waals surface area (Å²) < 4.78 is 5.33. The van der Waals surface area contributed by atoms with Gasteiger partial charge in [0.15, 0.2) is 5.96 Å². The number of hydrogen-bond acceptors (Lipinski definition) is 3. The lowest BCUT2D eigenvalue weighted by atomic mass is 9.74. The van der Waals surface area contributed by atoms with Crippen LogP contribution in [-0.4, -0.2) is 42.7 Å². The molecule has 0 aromatic carbocycles. The Balaban J connectivity index is 1.61. The van der Waals surface area contributed by atoms with Crippen molar-refractivity contribution < 1.29 is 4.52 Å². The molecule has 5 heteroatoms. The highest BCUT2D eigenvalue weighted by Gasteiger charge is 2.36. The Labute approximate surface area is 158 Å². The molecule has 0 bridgehead atoms. The van der Waals surface area contributed by atoms with Crippen molar-refractivity contribution in [2.24, 2.45) is 10.4 Å². The van der Waals surface area contributed by atoms with Crippen LogP contribution < -0.4 is 5.32 Å². The standard InChI is InChI=1S/C21H36N4O/c1-16(19-17(2)24-26-18(19)3)14-23-20(22-4)25-13-9-12-21(15-25)10-7-5-6-8-11-21/h16H,5-15H2,1-4H3,(H,22,23). The Kier molecular flexibility index (Phi) is 6.25. The largest absolute Gasteiger partial charge is 0.361 e. The topological polar surface area (TPSA) is 53.7 Å². The molecule has 1 atom stereocenters. The smallest absolute Gasteiger partial charge is 0.193 e. The zero-order valence-electron chi connectivity index (χ0n) is 17.1. The fourth-order valence-corrected chi connectivity index (χ4v) is 5.15. The fraction of sp³-hybridized carbons (Fsp3) is 0.810. The van der Waals surface area contributed by atoms with Gasteiger partial charge < -0.3 is 14.7 Å². The van der Waals surface area contributed by atoms with Gasteiger partial charge >= 0.3 is 0 Å². The molecule has 1 aliphatic carbocycles. The molecule has 1 spiro atoms. The quantitative estimate of drug-likeness (QED) is 0.641. The fourth-order valence-electron chi connectivity index (χ4n) is 5.15. The molecule has 146 valence electrons. The zero-order valence-corrected chi connectivity index (χ0v) is 17.1. The van der Waals surface area contributed by atoms with Crippen LogP contribution in [0.3, 0.4) is 0 Å². The predicted molar refractivity (Wildman–Crippen MR) is 107 cm³/mol. The van der Waals surface area contributed by atoms with Crippen molar-refractivity contribution in [1.82, 2.24) is 15.4 Å². The number of aromatic nitrogens is 1. The molecular formula is C21H36N4O. The lowest BCUT2D eigenvalue weighted by Gasteiger charge is -2.44. The van der Waals surface area contributed by atoms with Crippen LogP contribution in [0, 0.1) is 19.3 Å². The molecule has 2 aliphatic rings. The van der Waals surface area contributed by atoms with Crippen LogP contribution in [0.1, 0.15) is 81.2 Å². The number of piperidine rings is 1. The van der Waals surface area contributed by atoms with Crippen molar-refractivity contribution in [3.05, 3.63) is 17.0 Å². The van der Waals surface area contributed by atoms with E-state index in [1.165, 1.54) is 63.5 Å². The first-order valence-corrected chi connectivity index (χ1v) is 10.4. The van der Waals surface area contributed by atoms with E-state index in [1.807, 2.05) is 20.9 Å². The summed E-state index contributed by atoms with van der Waals surface area (Å²) in [5.74, 6) is 2.35. The van der Waals surface area contributed by atoms with Crippen molar-refractivity contribution in [3.8, 4) is 0 Å². The van der Waals surface area contributed by atoms with Gasteiger partial charge in [-0.2, -0.15) is 0 Å². The zero-order chi connectivity index (χ0) is 18.6.